The molecule has 0 saturated heterocycles. The van der Waals surface area contributed by atoms with Crippen molar-refractivity contribution in [1.29, 1.82) is 0 Å². The van der Waals surface area contributed by atoms with Gasteiger partial charge in [-0.25, -0.2) is 9.67 Å². The molecule has 3 rings (SSSR count). The second-order valence-corrected chi connectivity index (χ2v) is 4.77. The SMILES string of the molecule is O=c1c(-c2cccnc2)c[nH]n1-c1cc(Cl)c(CO)cn1. The van der Waals surface area contributed by atoms with Crippen LogP contribution in [0.3, 0.4) is 0 Å². The van der Waals surface area contributed by atoms with Crippen LogP contribution in [0.4, 0.5) is 0 Å². The summed E-state index contributed by atoms with van der Waals surface area (Å²) in [5, 5.41) is 12.3. The first kappa shape index (κ1) is 13.5. The van der Waals surface area contributed by atoms with Crippen molar-refractivity contribution in [2.45, 2.75) is 6.61 Å². The fraction of sp³-hybridized carbons (Fsp3) is 0.0714. The lowest BCUT2D eigenvalue weighted by Crippen LogP contribution is -2.17. The monoisotopic (exact) mass is 302 g/mol. The van der Waals surface area contributed by atoms with Gasteiger partial charge in [-0.3, -0.25) is 14.9 Å². The highest BCUT2D eigenvalue weighted by Gasteiger charge is 2.12. The van der Waals surface area contributed by atoms with Crippen LogP contribution in [0.15, 0.2) is 47.8 Å². The van der Waals surface area contributed by atoms with Crippen LogP contribution >= 0.6 is 11.6 Å². The fourth-order valence-electron chi connectivity index (χ4n) is 1.96. The molecule has 3 aromatic rings. The molecule has 7 heteroatoms. The summed E-state index contributed by atoms with van der Waals surface area (Å²) in [5.41, 5.74) is 1.47. The maximum Gasteiger partial charge on any atom is 0.280 e. The van der Waals surface area contributed by atoms with Gasteiger partial charge in [0.05, 0.1) is 17.2 Å². The van der Waals surface area contributed by atoms with Gasteiger partial charge in [-0.15, -0.1) is 0 Å². The molecule has 0 bridgehead atoms. The fourth-order valence-corrected chi connectivity index (χ4v) is 2.16. The number of pyridine rings is 2. The van der Waals surface area contributed by atoms with Crippen molar-refractivity contribution in [2.24, 2.45) is 0 Å². The molecule has 0 fully saturated rings. The van der Waals surface area contributed by atoms with Crippen LogP contribution in [-0.4, -0.2) is 24.9 Å². The summed E-state index contributed by atoms with van der Waals surface area (Å²) in [6.07, 6.45) is 6.29. The zero-order valence-electron chi connectivity index (χ0n) is 10.8. The third-order valence-corrected chi connectivity index (χ3v) is 3.41. The average molecular weight is 303 g/mol. The highest BCUT2D eigenvalue weighted by Crippen LogP contribution is 2.18. The first-order chi connectivity index (χ1) is 10.2. The lowest BCUT2D eigenvalue weighted by molar-refractivity contribution is 0.281. The van der Waals surface area contributed by atoms with E-state index in [1.807, 2.05) is 0 Å². The molecule has 106 valence electrons. The summed E-state index contributed by atoms with van der Waals surface area (Å²) in [7, 11) is 0. The number of H-pyrrole nitrogens is 1. The molecule has 0 aliphatic heterocycles. The van der Waals surface area contributed by atoms with E-state index in [0.29, 0.717) is 22.0 Å². The molecule has 0 radical (unpaired) electrons. The largest absolute Gasteiger partial charge is 0.392 e. The maximum atomic E-state index is 12.4. The van der Waals surface area contributed by atoms with E-state index in [1.54, 1.807) is 30.7 Å². The Morgan fingerprint density at radius 3 is 2.90 bits per heavy atom. The molecule has 21 heavy (non-hydrogen) atoms. The van der Waals surface area contributed by atoms with Gasteiger partial charge in [-0.1, -0.05) is 17.7 Å². The van der Waals surface area contributed by atoms with E-state index in [9.17, 15) is 4.79 Å². The molecular weight excluding hydrogens is 292 g/mol. The number of hydrogen-bond donors (Lipinski definition) is 2. The summed E-state index contributed by atoms with van der Waals surface area (Å²) in [5.74, 6) is 0.359. The van der Waals surface area contributed by atoms with Crippen LogP contribution in [-0.2, 0) is 6.61 Å². The van der Waals surface area contributed by atoms with Crippen molar-refractivity contribution in [3.05, 3.63) is 63.9 Å². The van der Waals surface area contributed by atoms with E-state index in [4.69, 9.17) is 16.7 Å². The van der Waals surface area contributed by atoms with E-state index >= 15 is 0 Å². The minimum atomic E-state index is -0.247. The molecule has 0 saturated carbocycles. The maximum absolute atomic E-state index is 12.4. The molecule has 0 aromatic carbocycles. The van der Waals surface area contributed by atoms with Crippen LogP contribution in [0.5, 0.6) is 0 Å². The Hall–Kier alpha value is -2.44. The molecule has 0 amide bonds. The van der Waals surface area contributed by atoms with Crippen LogP contribution < -0.4 is 5.56 Å². The van der Waals surface area contributed by atoms with Crippen molar-refractivity contribution in [2.75, 3.05) is 0 Å². The molecule has 3 heterocycles. The zero-order valence-corrected chi connectivity index (χ0v) is 11.6. The van der Waals surface area contributed by atoms with Gasteiger partial charge in [0.2, 0.25) is 0 Å². The van der Waals surface area contributed by atoms with E-state index in [-0.39, 0.29) is 12.2 Å². The second-order valence-electron chi connectivity index (χ2n) is 4.36. The Balaban J connectivity index is 2.07. The number of nitrogens with zero attached hydrogens (tertiary/aromatic N) is 3. The first-order valence-corrected chi connectivity index (χ1v) is 6.55. The van der Waals surface area contributed by atoms with Gasteiger partial charge in [0.25, 0.3) is 5.56 Å². The molecule has 0 spiro atoms. The Bertz CT molecular complexity index is 826. The van der Waals surface area contributed by atoms with Crippen LogP contribution in [0.2, 0.25) is 5.02 Å². The Morgan fingerprint density at radius 1 is 1.38 bits per heavy atom. The molecule has 0 atom stereocenters. The smallest absolute Gasteiger partial charge is 0.280 e. The predicted octanol–water partition coefficient (Wildman–Crippen LogP) is 1.77. The quantitative estimate of drug-likeness (QED) is 0.772. The minimum Gasteiger partial charge on any atom is -0.392 e. The average Bonchev–Trinajstić information content (AvgIpc) is 2.90. The van der Waals surface area contributed by atoms with Gasteiger partial charge in [0, 0.05) is 42.0 Å². The summed E-state index contributed by atoms with van der Waals surface area (Å²) in [6, 6.07) is 5.09. The topological polar surface area (TPSA) is 83.8 Å². The number of nitrogens with one attached hydrogen (secondary N) is 1. The molecule has 0 unspecified atom stereocenters. The molecule has 0 aliphatic rings. The summed E-state index contributed by atoms with van der Waals surface area (Å²) >= 11 is 6.02. The van der Waals surface area contributed by atoms with Crippen molar-refractivity contribution in [3.8, 4) is 16.9 Å². The summed E-state index contributed by atoms with van der Waals surface area (Å²) < 4.78 is 1.29. The summed E-state index contributed by atoms with van der Waals surface area (Å²) in [4.78, 5) is 20.5. The van der Waals surface area contributed by atoms with E-state index in [0.717, 1.165) is 5.56 Å². The Labute approximate surface area is 124 Å². The normalized spacial score (nSPS) is 10.8. The lowest BCUT2D eigenvalue weighted by atomic mass is 10.2. The van der Waals surface area contributed by atoms with E-state index in [2.05, 4.69) is 15.1 Å². The molecule has 3 aromatic heterocycles. The van der Waals surface area contributed by atoms with Gasteiger partial charge in [0.15, 0.2) is 5.82 Å². The van der Waals surface area contributed by atoms with Gasteiger partial charge < -0.3 is 5.11 Å². The Morgan fingerprint density at radius 2 is 2.24 bits per heavy atom. The minimum absolute atomic E-state index is 0.202. The van der Waals surface area contributed by atoms with Crippen molar-refractivity contribution in [1.82, 2.24) is 19.7 Å². The molecule has 0 aliphatic carbocycles. The third kappa shape index (κ3) is 2.46. The molecule has 2 N–H and O–H groups in total. The highest BCUT2D eigenvalue weighted by molar-refractivity contribution is 6.31. The lowest BCUT2D eigenvalue weighted by Gasteiger charge is -2.04. The van der Waals surface area contributed by atoms with Crippen LogP contribution in [0, 0.1) is 0 Å². The van der Waals surface area contributed by atoms with Crippen molar-refractivity contribution >= 4 is 11.6 Å². The number of hydrogen-bond acceptors (Lipinski definition) is 4. The zero-order chi connectivity index (χ0) is 14.8. The third-order valence-electron chi connectivity index (χ3n) is 3.06. The van der Waals surface area contributed by atoms with Gasteiger partial charge in [-0.05, 0) is 6.07 Å². The number of aromatic nitrogens is 4. The van der Waals surface area contributed by atoms with Crippen LogP contribution in [0.1, 0.15) is 5.56 Å². The molecular formula is C14H11ClN4O2. The van der Waals surface area contributed by atoms with Crippen molar-refractivity contribution < 1.29 is 5.11 Å². The van der Waals surface area contributed by atoms with Crippen molar-refractivity contribution in [3.63, 3.8) is 0 Å². The second kappa shape index (κ2) is 5.51. The molecule has 6 nitrogen and oxygen atoms in total. The predicted molar refractivity (Wildman–Crippen MR) is 78.3 cm³/mol. The first-order valence-electron chi connectivity index (χ1n) is 6.17. The number of rotatable bonds is 3. The van der Waals surface area contributed by atoms with Gasteiger partial charge in [-0.2, -0.15) is 0 Å². The highest BCUT2D eigenvalue weighted by atomic mass is 35.5. The standard InChI is InChI=1S/C14H11ClN4O2/c15-12-4-13(17-6-10(12)8-20)19-14(21)11(7-18-19)9-2-1-3-16-5-9/h1-7,18,20H,8H2. The van der Waals surface area contributed by atoms with Gasteiger partial charge >= 0.3 is 0 Å². The number of aromatic amines is 1. The van der Waals surface area contributed by atoms with Crippen LogP contribution in [0.25, 0.3) is 16.9 Å². The Kier molecular flexibility index (Phi) is 3.55. The number of aliphatic hydroxyl groups excluding tert-OH is 1. The van der Waals surface area contributed by atoms with Gasteiger partial charge in [0.1, 0.15) is 0 Å². The summed E-state index contributed by atoms with van der Waals surface area (Å²) in [6.45, 7) is -0.202. The van der Waals surface area contributed by atoms with E-state index in [1.165, 1.54) is 16.9 Å². The number of aliphatic hydroxyl groups is 1. The van der Waals surface area contributed by atoms with E-state index < -0.39 is 0 Å². The number of halogens is 1.